The largest absolute Gasteiger partial charge is 0.352 e. The molecule has 1 aliphatic carbocycles. The fourth-order valence-electron chi connectivity index (χ4n) is 4.96. The van der Waals surface area contributed by atoms with Crippen molar-refractivity contribution in [3.63, 3.8) is 0 Å². The second-order valence-electron chi connectivity index (χ2n) is 9.70. The molecule has 0 bridgehead atoms. The maximum Gasteiger partial charge on any atom is 0.261 e. The Morgan fingerprint density at radius 3 is 2.27 bits per heavy atom. The highest BCUT2D eigenvalue weighted by Gasteiger charge is 2.35. The topological polar surface area (TPSA) is 86.8 Å². The van der Waals surface area contributed by atoms with Gasteiger partial charge in [-0.1, -0.05) is 60.7 Å². The molecule has 1 N–H and O–H groups in total. The van der Waals surface area contributed by atoms with Crippen molar-refractivity contribution in [1.82, 2.24) is 15.1 Å². The highest BCUT2D eigenvalue weighted by Crippen LogP contribution is 2.25. The van der Waals surface area contributed by atoms with Crippen molar-refractivity contribution in [3.8, 4) is 0 Å². The normalized spacial score (nSPS) is 16.5. The molecule has 2 aliphatic rings. The molecular formula is C28H31Cl2N3O4. The minimum Gasteiger partial charge on any atom is -0.352 e. The quantitative estimate of drug-likeness (QED) is 0.438. The zero-order valence-corrected chi connectivity index (χ0v) is 22.4. The maximum atomic E-state index is 13.4. The summed E-state index contributed by atoms with van der Waals surface area (Å²) in [5, 5.41) is 3.89. The van der Waals surface area contributed by atoms with Crippen molar-refractivity contribution in [1.29, 1.82) is 0 Å². The molecule has 1 fully saturated rings. The van der Waals surface area contributed by atoms with Gasteiger partial charge in [0.2, 0.25) is 11.8 Å². The van der Waals surface area contributed by atoms with Crippen molar-refractivity contribution in [2.75, 3.05) is 6.54 Å². The van der Waals surface area contributed by atoms with Crippen LogP contribution in [0.4, 0.5) is 0 Å². The summed E-state index contributed by atoms with van der Waals surface area (Å²) in [6, 6.07) is 11.3. The first-order valence-electron chi connectivity index (χ1n) is 12.7. The van der Waals surface area contributed by atoms with Crippen LogP contribution in [0.25, 0.3) is 0 Å². The van der Waals surface area contributed by atoms with Gasteiger partial charge in [0.05, 0.1) is 21.2 Å². The minimum atomic E-state index is -0.705. The third-order valence-electron chi connectivity index (χ3n) is 7.11. The molecule has 1 saturated carbocycles. The number of nitrogens with one attached hydrogen (secondary N) is 1. The molecule has 4 rings (SSSR count). The van der Waals surface area contributed by atoms with Gasteiger partial charge in [-0.15, -0.1) is 0 Å². The Labute approximate surface area is 227 Å². The van der Waals surface area contributed by atoms with Crippen LogP contribution >= 0.6 is 23.2 Å². The summed E-state index contributed by atoms with van der Waals surface area (Å²) in [6.45, 7) is 2.03. The standard InChI is InChI=1S/C28H31Cl2N3O4/c1-18(26(35)31-20-8-3-2-4-9-20)33(17-19-13-14-23(29)24(30)16-19)25(34)12-7-15-32-27(36)21-10-5-6-11-22(21)28(32)37/h5-6,10-11,13-14,16,18,20H,2-4,7-9,12,15,17H2,1H3,(H,31,35)/t18-/m0/s1. The second kappa shape index (κ2) is 12.1. The van der Waals surface area contributed by atoms with Gasteiger partial charge in [-0.05, 0) is 56.0 Å². The third-order valence-corrected chi connectivity index (χ3v) is 7.85. The number of carbonyl (C=O) groups is 4. The van der Waals surface area contributed by atoms with Crippen molar-refractivity contribution >= 4 is 46.8 Å². The fraction of sp³-hybridized carbons (Fsp3) is 0.429. The average Bonchev–Trinajstić information content (AvgIpc) is 3.14. The SMILES string of the molecule is C[C@@H](C(=O)NC1CCCCC1)N(Cc1ccc(Cl)c(Cl)c1)C(=O)CCCN1C(=O)c2ccccc2C1=O. The van der Waals surface area contributed by atoms with E-state index in [9.17, 15) is 19.2 Å². The second-order valence-corrected chi connectivity index (χ2v) is 10.5. The number of imide groups is 1. The van der Waals surface area contributed by atoms with Gasteiger partial charge in [0.15, 0.2) is 0 Å². The summed E-state index contributed by atoms with van der Waals surface area (Å²) < 4.78 is 0. The number of nitrogens with zero attached hydrogens (tertiary/aromatic N) is 2. The highest BCUT2D eigenvalue weighted by molar-refractivity contribution is 6.42. The van der Waals surface area contributed by atoms with Crippen LogP contribution in [0.5, 0.6) is 0 Å². The Hall–Kier alpha value is -2.90. The molecule has 1 aliphatic heterocycles. The number of halogens is 2. The van der Waals surface area contributed by atoms with Gasteiger partial charge in [0, 0.05) is 25.6 Å². The molecule has 1 atom stereocenters. The zero-order valence-electron chi connectivity index (χ0n) is 20.8. The number of hydrogen-bond donors (Lipinski definition) is 1. The molecule has 0 aromatic heterocycles. The van der Waals surface area contributed by atoms with Crippen LogP contribution in [-0.2, 0) is 16.1 Å². The molecule has 2 aromatic carbocycles. The molecule has 4 amide bonds. The molecule has 0 radical (unpaired) electrons. The van der Waals surface area contributed by atoms with Crippen LogP contribution in [0.1, 0.15) is 78.1 Å². The highest BCUT2D eigenvalue weighted by atomic mass is 35.5. The molecular weight excluding hydrogens is 513 g/mol. The summed E-state index contributed by atoms with van der Waals surface area (Å²) in [4.78, 5) is 54.5. The summed E-state index contributed by atoms with van der Waals surface area (Å²) in [6.07, 6.45) is 5.61. The van der Waals surface area contributed by atoms with E-state index in [1.807, 2.05) is 0 Å². The van der Waals surface area contributed by atoms with Crippen molar-refractivity contribution in [2.45, 2.75) is 70.5 Å². The Kier molecular flexibility index (Phi) is 8.87. The minimum absolute atomic E-state index is 0.0791. The fourth-order valence-corrected chi connectivity index (χ4v) is 5.28. The van der Waals surface area contributed by atoms with Gasteiger partial charge >= 0.3 is 0 Å². The number of hydrogen-bond acceptors (Lipinski definition) is 4. The number of carbonyl (C=O) groups excluding carboxylic acids is 4. The number of amides is 4. The van der Waals surface area contributed by atoms with Gasteiger partial charge < -0.3 is 10.2 Å². The molecule has 1 heterocycles. The van der Waals surface area contributed by atoms with E-state index in [-0.39, 0.29) is 49.2 Å². The zero-order chi connectivity index (χ0) is 26.5. The average molecular weight is 544 g/mol. The number of rotatable bonds is 9. The molecule has 0 spiro atoms. The van der Waals surface area contributed by atoms with Crippen LogP contribution in [0.15, 0.2) is 42.5 Å². The Morgan fingerprint density at radius 1 is 1.00 bits per heavy atom. The van der Waals surface area contributed by atoms with E-state index in [4.69, 9.17) is 23.2 Å². The van der Waals surface area contributed by atoms with E-state index in [2.05, 4.69) is 5.32 Å². The van der Waals surface area contributed by atoms with Gasteiger partial charge in [-0.2, -0.15) is 0 Å². The van der Waals surface area contributed by atoms with E-state index >= 15 is 0 Å². The lowest BCUT2D eigenvalue weighted by molar-refractivity contribution is -0.141. The third kappa shape index (κ3) is 6.33. The number of benzene rings is 2. The molecule has 9 heteroatoms. The molecule has 2 aromatic rings. The van der Waals surface area contributed by atoms with Crippen LogP contribution in [0.3, 0.4) is 0 Å². The summed E-state index contributed by atoms with van der Waals surface area (Å²) in [5.74, 6) is -1.13. The predicted octanol–water partition coefficient (Wildman–Crippen LogP) is 5.24. The van der Waals surface area contributed by atoms with E-state index in [1.54, 1.807) is 49.4 Å². The van der Waals surface area contributed by atoms with E-state index in [1.165, 1.54) is 16.2 Å². The lowest BCUT2D eigenvalue weighted by Crippen LogP contribution is -2.50. The lowest BCUT2D eigenvalue weighted by Gasteiger charge is -2.31. The molecule has 0 unspecified atom stereocenters. The van der Waals surface area contributed by atoms with Crippen molar-refractivity contribution in [2.24, 2.45) is 0 Å². The number of fused-ring (bicyclic) bond motifs is 1. The van der Waals surface area contributed by atoms with Crippen LogP contribution < -0.4 is 5.32 Å². The van der Waals surface area contributed by atoms with E-state index < -0.39 is 6.04 Å². The summed E-state index contributed by atoms with van der Waals surface area (Å²) >= 11 is 12.2. The first kappa shape index (κ1) is 27.1. The van der Waals surface area contributed by atoms with Crippen LogP contribution in [0, 0.1) is 0 Å². The Morgan fingerprint density at radius 2 is 1.65 bits per heavy atom. The van der Waals surface area contributed by atoms with Crippen LogP contribution in [-0.4, -0.2) is 52.1 Å². The van der Waals surface area contributed by atoms with Gasteiger partial charge in [-0.25, -0.2) is 0 Å². The Balaban J connectivity index is 1.42. The smallest absolute Gasteiger partial charge is 0.261 e. The van der Waals surface area contributed by atoms with Gasteiger partial charge in [-0.3, -0.25) is 24.1 Å². The van der Waals surface area contributed by atoms with Crippen molar-refractivity contribution < 1.29 is 19.2 Å². The summed E-state index contributed by atoms with van der Waals surface area (Å²) in [7, 11) is 0. The Bertz CT molecular complexity index is 1160. The van der Waals surface area contributed by atoms with E-state index in [0.717, 1.165) is 31.2 Å². The first-order valence-corrected chi connectivity index (χ1v) is 13.5. The molecule has 37 heavy (non-hydrogen) atoms. The van der Waals surface area contributed by atoms with Gasteiger partial charge in [0.25, 0.3) is 11.8 Å². The lowest BCUT2D eigenvalue weighted by atomic mass is 9.95. The first-order chi connectivity index (χ1) is 17.8. The summed E-state index contributed by atoms with van der Waals surface area (Å²) in [5.41, 5.74) is 1.52. The predicted molar refractivity (Wildman–Crippen MR) is 143 cm³/mol. The monoisotopic (exact) mass is 543 g/mol. The maximum absolute atomic E-state index is 13.4. The molecule has 196 valence electrons. The molecule has 0 saturated heterocycles. The molecule has 7 nitrogen and oxygen atoms in total. The van der Waals surface area contributed by atoms with Crippen LogP contribution in [0.2, 0.25) is 10.0 Å². The van der Waals surface area contributed by atoms with Crippen molar-refractivity contribution in [3.05, 3.63) is 69.2 Å². The van der Waals surface area contributed by atoms with Gasteiger partial charge in [0.1, 0.15) is 6.04 Å². The van der Waals surface area contributed by atoms with E-state index in [0.29, 0.717) is 27.6 Å².